The SMILES string of the molecule is CCCS(=O)(=O)CCNCC1CCC(O)CC1. The summed E-state index contributed by atoms with van der Waals surface area (Å²) in [4.78, 5) is 0. The first-order valence-corrected chi connectivity index (χ1v) is 8.45. The molecule has 1 aliphatic carbocycles. The smallest absolute Gasteiger partial charge is 0.151 e. The number of rotatable bonds is 7. The van der Waals surface area contributed by atoms with E-state index < -0.39 is 9.84 Å². The second-order valence-electron chi connectivity index (χ2n) is 5.03. The van der Waals surface area contributed by atoms with Gasteiger partial charge in [-0.2, -0.15) is 0 Å². The van der Waals surface area contributed by atoms with Crippen molar-refractivity contribution in [3.05, 3.63) is 0 Å². The Morgan fingerprint density at radius 3 is 2.41 bits per heavy atom. The number of nitrogens with one attached hydrogen (secondary N) is 1. The normalized spacial score (nSPS) is 26.0. The number of sulfone groups is 1. The van der Waals surface area contributed by atoms with Gasteiger partial charge in [0.15, 0.2) is 9.84 Å². The molecular formula is C12H25NO3S. The van der Waals surface area contributed by atoms with E-state index in [-0.39, 0.29) is 11.9 Å². The van der Waals surface area contributed by atoms with Gasteiger partial charge in [-0.05, 0) is 44.6 Å². The van der Waals surface area contributed by atoms with Gasteiger partial charge in [-0.3, -0.25) is 0 Å². The molecule has 1 aliphatic rings. The first-order chi connectivity index (χ1) is 8.03. The molecule has 0 spiro atoms. The van der Waals surface area contributed by atoms with Crippen LogP contribution in [0.15, 0.2) is 0 Å². The molecule has 1 rings (SSSR count). The molecule has 1 saturated carbocycles. The van der Waals surface area contributed by atoms with Crippen LogP contribution in [0, 0.1) is 5.92 Å². The van der Waals surface area contributed by atoms with Crippen LogP contribution in [0.5, 0.6) is 0 Å². The van der Waals surface area contributed by atoms with Crippen LogP contribution in [0.1, 0.15) is 39.0 Å². The van der Waals surface area contributed by atoms with Gasteiger partial charge in [0, 0.05) is 12.3 Å². The average Bonchev–Trinajstić information content (AvgIpc) is 2.27. The molecular weight excluding hydrogens is 238 g/mol. The van der Waals surface area contributed by atoms with Crippen LogP contribution >= 0.6 is 0 Å². The molecule has 0 atom stereocenters. The van der Waals surface area contributed by atoms with Crippen LogP contribution in [0.4, 0.5) is 0 Å². The fourth-order valence-electron chi connectivity index (χ4n) is 2.30. The van der Waals surface area contributed by atoms with Crippen molar-refractivity contribution >= 4 is 9.84 Å². The minimum absolute atomic E-state index is 0.115. The van der Waals surface area contributed by atoms with E-state index in [9.17, 15) is 13.5 Å². The fraction of sp³-hybridized carbons (Fsp3) is 1.00. The molecule has 1 fully saturated rings. The van der Waals surface area contributed by atoms with Crippen molar-refractivity contribution in [2.24, 2.45) is 5.92 Å². The third-order valence-corrected chi connectivity index (χ3v) is 5.21. The highest BCUT2D eigenvalue weighted by atomic mass is 32.2. The van der Waals surface area contributed by atoms with Crippen LogP contribution in [0.2, 0.25) is 0 Å². The Bertz CT molecular complexity index is 295. The summed E-state index contributed by atoms with van der Waals surface area (Å²) in [5.74, 6) is 1.15. The van der Waals surface area contributed by atoms with Gasteiger partial charge in [-0.25, -0.2) is 8.42 Å². The lowest BCUT2D eigenvalue weighted by Crippen LogP contribution is -2.31. The van der Waals surface area contributed by atoms with E-state index in [2.05, 4.69) is 5.32 Å². The van der Waals surface area contributed by atoms with Crippen LogP contribution in [0.25, 0.3) is 0 Å². The summed E-state index contributed by atoms with van der Waals surface area (Å²) >= 11 is 0. The number of aliphatic hydroxyl groups is 1. The summed E-state index contributed by atoms with van der Waals surface area (Å²) in [6, 6.07) is 0. The molecule has 17 heavy (non-hydrogen) atoms. The third kappa shape index (κ3) is 6.38. The Morgan fingerprint density at radius 1 is 1.18 bits per heavy atom. The molecule has 0 amide bonds. The molecule has 0 aromatic heterocycles. The van der Waals surface area contributed by atoms with Crippen molar-refractivity contribution < 1.29 is 13.5 Å². The predicted octanol–water partition coefficient (Wildman–Crippen LogP) is 0.952. The highest BCUT2D eigenvalue weighted by Crippen LogP contribution is 2.23. The van der Waals surface area contributed by atoms with Gasteiger partial charge < -0.3 is 10.4 Å². The van der Waals surface area contributed by atoms with Crippen molar-refractivity contribution in [1.29, 1.82) is 0 Å². The summed E-state index contributed by atoms with van der Waals surface area (Å²) in [5, 5.41) is 12.6. The molecule has 0 saturated heterocycles. The van der Waals surface area contributed by atoms with E-state index in [1.54, 1.807) is 0 Å². The summed E-state index contributed by atoms with van der Waals surface area (Å²) < 4.78 is 22.9. The minimum atomic E-state index is -2.85. The molecule has 0 radical (unpaired) electrons. The van der Waals surface area contributed by atoms with Gasteiger partial charge in [0.2, 0.25) is 0 Å². The quantitative estimate of drug-likeness (QED) is 0.671. The zero-order valence-electron chi connectivity index (χ0n) is 10.7. The molecule has 0 aliphatic heterocycles. The molecule has 5 heteroatoms. The van der Waals surface area contributed by atoms with Gasteiger partial charge >= 0.3 is 0 Å². The van der Waals surface area contributed by atoms with E-state index in [0.717, 1.165) is 32.2 Å². The summed E-state index contributed by atoms with van der Waals surface area (Å²) in [5.41, 5.74) is 0. The molecule has 0 unspecified atom stereocenters. The topological polar surface area (TPSA) is 66.4 Å². The van der Waals surface area contributed by atoms with Crippen molar-refractivity contribution in [3.8, 4) is 0 Å². The maximum absolute atomic E-state index is 11.5. The maximum Gasteiger partial charge on any atom is 0.151 e. The molecule has 0 aromatic carbocycles. The Hall–Kier alpha value is -0.130. The molecule has 0 heterocycles. The van der Waals surface area contributed by atoms with Crippen molar-refractivity contribution in [3.63, 3.8) is 0 Å². The lowest BCUT2D eigenvalue weighted by molar-refractivity contribution is 0.108. The molecule has 0 aromatic rings. The van der Waals surface area contributed by atoms with Crippen molar-refractivity contribution in [2.75, 3.05) is 24.6 Å². The first kappa shape index (κ1) is 14.9. The molecule has 0 bridgehead atoms. The van der Waals surface area contributed by atoms with Crippen LogP contribution < -0.4 is 5.32 Å². The summed E-state index contributed by atoms with van der Waals surface area (Å²) in [6.45, 7) is 3.33. The molecule has 102 valence electrons. The standard InChI is InChI=1S/C12H25NO3S/c1-2-8-17(15,16)9-7-13-10-11-3-5-12(14)6-4-11/h11-14H,2-10H2,1H3. The number of aliphatic hydroxyl groups excluding tert-OH is 1. The monoisotopic (exact) mass is 263 g/mol. The second kappa shape index (κ2) is 7.34. The first-order valence-electron chi connectivity index (χ1n) is 6.62. The predicted molar refractivity (Wildman–Crippen MR) is 69.8 cm³/mol. The zero-order chi connectivity index (χ0) is 12.7. The highest BCUT2D eigenvalue weighted by Gasteiger charge is 2.19. The Balaban J connectivity index is 2.08. The van der Waals surface area contributed by atoms with Crippen LogP contribution in [-0.4, -0.2) is 44.2 Å². The number of hydrogen-bond acceptors (Lipinski definition) is 4. The van der Waals surface area contributed by atoms with E-state index >= 15 is 0 Å². The maximum atomic E-state index is 11.5. The van der Waals surface area contributed by atoms with Crippen molar-refractivity contribution in [2.45, 2.75) is 45.1 Å². The molecule has 2 N–H and O–H groups in total. The Morgan fingerprint density at radius 2 is 1.82 bits per heavy atom. The minimum Gasteiger partial charge on any atom is -0.393 e. The van der Waals surface area contributed by atoms with E-state index in [1.165, 1.54) is 0 Å². The van der Waals surface area contributed by atoms with E-state index in [1.807, 2.05) is 6.92 Å². The van der Waals surface area contributed by atoms with Gasteiger partial charge in [-0.1, -0.05) is 6.92 Å². The Kier molecular flexibility index (Phi) is 6.44. The number of hydrogen-bond donors (Lipinski definition) is 2. The van der Waals surface area contributed by atoms with E-state index in [0.29, 0.717) is 24.6 Å². The van der Waals surface area contributed by atoms with Crippen LogP contribution in [-0.2, 0) is 9.84 Å². The van der Waals surface area contributed by atoms with Gasteiger partial charge in [0.05, 0.1) is 11.9 Å². The average molecular weight is 263 g/mol. The van der Waals surface area contributed by atoms with Crippen molar-refractivity contribution in [1.82, 2.24) is 5.32 Å². The summed E-state index contributed by atoms with van der Waals surface area (Å²) in [7, 11) is -2.85. The lowest BCUT2D eigenvalue weighted by Gasteiger charge is -2.25. The summed E-state index contributed by atoms with van der Waals surface area (Å²) in [6.07, 6.45) is 4.46. The fourth-order valence-corrected chi connectivity index (χ4v) is 3.58. The Labute approximate surface area is 105 Å². The van der Waals surface area contributed by atoms with Gasteiger partial charge in [0.1, 0.15) is 0 Å². The molecule has 4 nitrogen and oxygen atoms in total. The largest absolute Gasteiger partial charge is 0.393 e. The van der Waals surface area contributed by atoms with Gasteiger partial charge in [0.25, 0.3) is 0 Å². The second-order valence-corrected chi connectivity index (χ2v) is 7.33. The highest BCUT2D eigenvalue weighted by molar-refractivity contribution is 7.91. The van der Waals surface area contributed by atoms with E-state index in [4.69, 9.17) is 0 Å². The third-order valence-electron chi connectivity index (χ3n) is 3.35. The van der Waals surface area contributed by atoms with Gasteiger partial charge in [-0.15, -0.1) is 0 Å². The lowest BCUT2D eigenvalue weighted by atomic mass is 9.87. The zero-order valence-corrected chi connectivity index (χ0v) is 11.5. The van der Waals surface area contributed by atoms with Crippen LogP contribution in [0.3, 0.4) is 0 Å².